The molecular weight excluding hydrogens is 428 g/mol. The molecule has 0 radical (unpaired) electrons. The minimum absolute atomic E-state index is 0.0396. The number of thiazole rings is 1. The Morgan fingerprint density at radius 2 is 2.04 bits per heavy atom. The van der Waals surface area contributed by atoms with E-state index >= 15 is 0 Å². The Kier molecular flexibility index (Phi) is 5.95. The summed E-state index contributed by atoms with van der Waals surface area (Å²) in [6.07, 6.45) is 4.87. The predicted octanol–water partition coefficient (Wildman–Crippen LogP) is 4.09. The second-order valence-corrected chi connectivity index (χ2v) is 9.67. The summed E-state index contributed by atoms with van der Waals surface area (Å²) >= 11 is 4.76. The standard InChI is InChI=1S/C19H23BrN4O2S/c1-19(2,3)18-22-10-14(27-18)17(26)24-8-4-5-12(11-24)16(25)23-15-7-6-13(20)9-21-15/h6-7,9-10,12H,4-5,8,11H2,1-3H3,(H,21,23,25). The van der Waals surface area contributed by atoms with Crippen molar-refractivity contribution in [3.8, 4) is 0 Å². The summed E-state index contributed by atoms with van der Waals surface area (Å²) in [5.41, 5.74) is -0.0782. The monoisotopic (exact) mass is 450 g/mol. The Labute approximate surface area is 171 Å². The van der Waals surface area contributed by atoms with Crippen LogP contribution in [0.4, 0.5) is 5.82 Å². The van der Waals surface area contributed by atoms with Crippen LogP contribution < -0.4 is 5.32 Å². The number of anilines is 1. The summed E-state index contributed by atoms with van der Waals surface area (Å²) in [4.78, 5) is 36.4. The molecule has 2 aromatic heterocycles. The van der Waals surface area contributed by atoms with Crippen molar-refractivity contribution in [3.63, 3.8) is 0 Å². The van der Waals surface area contributed by atoms with E-state index in [1.165, 1.54) is 11.3 Å². The number of aromatic nitrogens is 2. The lowest BCUT2D eigenvalue weighted by Crippen LogP contribution is -2.43. The largest absolute Gasteiger partial charge is 0.337 e. The molecule has 3 rings (SSSR count). The van der Waals surface area contributed by atoms with Crippen molar-refractivity contribution in [2.24, 2.45) is 5.92 Å². The number of nitrogens with one attached hydrogen (secondary N) is 1. The van der Waals surface area contributed by atoms with Gasteiger partial charge in [-0.05, 0) is 40.9 Å². The highest BCUT2D eigenvalue weighted by atomic mass is 79.9. The van der Waals surface area contributed by atoms with E-state index in [0.717, 1.165) is 22.3 Å². The van der Waals surface area contributed by atoms with Crippen molar-refractivity contribution >= 4 is 44.9 Å². The Morgan fingerprint density at radius 1 is 1.26 bits per heavy atom. The number of nitrogens with zero attached hydrogens (tertiary/aromatic N) is 3. The zero-order valence-corrected chi connectivity index (χ0v) is 18.1. The first-order valence-corrected chi connectivity index (χ1v) is 10.5. The van der Waals surface area contributed by atoms with Gasteiger partial charge in [-0.3, -0.25) is 9.59 Å². The fourth-order valence-corrected chi connectivity index (χ4v) is 4.11. The minimum Gasteiger partial charge on any atom is -0.337 e. The molecule has 0 bridgehead atoms. The first-order chi connectivity index (χ1) is 12.7. The third kappa shape index (κ3) is 4.93. The molecule has 0 saturated carbocycles. The van der Waals surface area contributed by atoms with Gasteiger partial charge >= 0.3 is 0 Å². The predicted molar refractivity (Wildman–Crippen MR) is 110 cm³/mol. The van der Waals surface area contributed by atoms with Crippen LogP contribution in [0.5, 0.6) is 0 Å². The summed E-state index contributed by atoms with van der Waals surface area (Å²) in [5, 5.41) is 3.79. The van der Waals surface area contributed by atoms with Crippen LogP contribution in [0.2, 0.25) is 0 Å². The zero-order chi connectivity index (χ0) is 19.6. The van der Waals surface area contributed by atoms with Crippen LogP contribution in [0.3, 0.4) is 0 Å². The summed E-state index contributed by atoms with van der Waals surface area (Å²) in [7, 11) is 0. The molecule has 1 fully saturated rings. The normalized spacial score (nSPS) is 17.6. The van der Waals surface area contributed by atoms with E-state index in [9.17, 15) is 9.59 Å². The first-order valence-electron chi connectivity index (χ1n) is 8.92. The number of hydrogen-bond acceptors (Lipinski definition) is 5. The van der Waals surface area contributed by atoms with E-state index in [2.05, 4.69) is 52.0 Å². The maximum Gasteiger partial charge on any atom is 0.265 e. The molecule has 1 saturated heterocycles. The topological polar surface area (TPSA) is 75.2 Å². The van der Waals surface area contributed by atoms with Gasteiger partial charge in [-0.15, -0.1) is 11.3 Å². The molecule has 0 aromatic carbocycles. The van der Waals surface area contributed by atoms with E-state index in [1.54, 1.807) is 23.4 Å². The van der Waals surface area contributed by atoms with Crippen molar-refractivity contribution in [2.45, 2.75) is 39.0 Å². The van der Waals surface area contributed by atoms with Gasteiger partial charge in [-0.1, -0.05) is 20.8 Å². The van der Waals surface area contributed by atoms with Crippen LogP contribution in [0, 0.1) is 5.92 Å². The number of hydrogen-bond donors (Lipinski definition) is 1. The van der Waals surface area contributed by atoms with Crippen molar-refractivity contribution in [1.29, 1.82) is 0 Å². The van der Waals surface area contributed by atoms with Gasteiger partial charge < -0.3 is 10.2 Å². The van der Waals surface area contributed by atoms with E-state index in [4.69, 9.17) is 0 Å². The summed E-state index contributed by atoms with van der Waals surface area (Å²) in [6.45, 7) is 7.33. The maximum absolute atomic E-state index is 12.9. The Balaban J connectivity index is 1.64. The molecule has 1 aliphatic heterocycles. The van der Waals surface area contributed by atoms with Crippen LogP contribution in [-0.2, 0) is 10.2 Å². The molecule has 1 unspecified atom stereocenters. The second kappa shape index (κ2) is 8.06. The molecule has 2 amide bonds. The molecule has 1 aliphatic rings. The van der Waals surface area contributed by atoms with Crippen molar-refractivity contribution in [2.75, 3.05) is 18.4 Å². The average molecular weight is 451 g/mol. The summed E-state index contributed by atoms with van der Waals surface area (Å²) in [6, 6.07) is 3.58. The van der Waals surface area contributed by atoms with Crippen molar-refractivity contribution < 1.29 is 9.59 Å². The van der Waals surface area contributed by atoms with Crippen LogP contribution in [0.1, 0.15) is 48.3 Å². The van der Waals surface area contributed by atoms with Crippen molar-refractivity contribution in [3.05, 3.63) is 38.9 Å². The zero-order valence-electron chi connectivity index (χ0n) is 15.7. The highest BCUT2D eigenvalue weighted by molar-refractivity contribution is 9.10. The molecule has 0 aliphatic carbocycles. The van der Waals surface area contributed by atoms with Crippen LogP contribution in [0.15, 0.2) is 29.0 Å². The van der Waals surface area contributed by atoms with Gasteiger partial charge in [-0.2, -0.15) is 0 Å². The number of pyridine rings is 1. The highest BCUT2D eigenvalue weighted by Gasteiger charge is 2.30. The van der Waals surface area contributed by atoms with Crippen LogP contribution in [-0.4, -0.2) is 39.8 Å². The lowest BCUT2D eigenvalue weighted by Gasteiger charge is -2.31. The fraction of sp³-hybridized carbons (Fsp3) is 0.474. The van der Waals surface area contributed by atoms with E-state index in [0.29, 0.717) is 23.8 Å². The molecular formula is C19H23BrN4O2S. The van der Waals surface area contributed by atoms with Crippen LogP contribution >= 0.6 is 27.3 Å². The first kappa shape index (κ1) is 19.9. The van der Waals surface area contributed by atoms with Gasteiger partial charge in [0.05, 0.1) is 17.1 Å². The number of carbonyl (C=O) groups is 2. The number of halogens is 1. The Bertz CT molecular complexity index is 829. The average Bonchev–Trinajstić information content (AvgIpc) is 3.13. The molecule has 27 heavy (non-hydrogen) atoms. The molecule has 8 heteroatoms. The third-order valence-corrected chi connectivity index (χ3v) is 6.30. The third-order valence-electron chi connectivity index (χ3n) is 4.42. The number of amides is 2. The quantitative estimate of drug-likeness (QED) is 0.763. The Hall–Kier alpha value is -1.80. The van der Waals surface area contributed by atoms with Gasteiger partial charge in [0.1, 0.15) is 10.7 Å². The molecule has 6 nitrogen and oxygen atoms in total. The summed E-state index contributed by atoms with van der Waals surface area (Å²) in [5.74, 6) is 0.149. The van der Waals surface area contributed by atoms with Gasteiger partial charge in [0.25, 0.3) is 5.91 Å². The molecule has 3 heterocycles. The minimum atomic E-state index is -0.233. The van der Waals surface area contributed by atoms with Crippen molar-refractivity contribution in [1.82, 2.24) is 14.9 Å². The lowest BCUT2D eigenvalue weighted by molar-refractivity contribution is -0.121. The van der Waals surface area contributed by atoms with Gasteiger partial charge in [0.2, 0.25) is 5.91 Å². The van der Waals surface area contributed by atoms with E-state index in [1.807, 2.05) is 6.07 Å². The van der Waals surface area contributed by atoms with E-state index in [-0.39, 0.29) is 23.1 Å². The van der Waals surface area contributed by atoms with Gasteiger partial charge in [0.15, 0.2) is 0 Å². The van der Waals surface area contributed by atoms with Gasteiger partial charge in [0, 0.05) is 29.2 Å². The van der Waals surface area contributed by atoms with Crippen LogP contribution in [0.25, 0.3) is 0 Å². The maximum atomic E-state index is 12.9. The number of likely N-dealkylation sites (tertiary alicyclic amines) is 1. The lowest BCUT2D eigenvalue weighted by atomic mass is 9.97. The molecule has 0 spiro atoms. The highest BCUT2D eigenvalue weighted by Crippen LogP contribution is 2.28. The Morgan fingerprint density at radius 3 is 2.67 bits per heavy atom. The number of piperidine rings is 1. The smallest absolute Gasteiger partial charge is 0.265 e. The summed E-state index contributed by atoms with van der Waals surface area (Å²) < 4.78 is 0.856. The molecule has 1 atom stereocenters. The molecule has 1 N–H and O–H groups in total. The molecule has 144 valence electrons. The second-order valence-electron chi connectivity index (χ2n) is 7.72. The van der Waals surface area contributed by atoms with Gasteiger partial charge in [-0.25, -0.2) is 9.97 Å². The fourth-order valence-electron chi connectivity index (χ4n) is 2.93. The number of rotatable bonds is 3. The number of carbonyl (C=O) groups excluding carboxylic acids is 2. The van der Waals surface area contributed by atoms with E-state index < -0.39 is 0 Å². The SMILES string of the molecule is CC(C)(C)c1ncc(C(=O)N2CCCC(C(=O)Nc3ccc(Br)cn3)C2)s1. The molecule has 2 aromatic rings.